The molecule has 0 spiro atoms. The third-order valence-electron chi connectivity index (χ3n) is 11.0. The number of benzene rings is 4. The summed E-state index contributed by atoms with van der Waals surface area (Å²) >= 11 is 0. The van der Waals surface area contributed by atoms with Gasteiger partial charge in [0.1, 0.15) is 35.1 Å². The van der Waals surface area contributed by atoms with Crippen LogP contribution < -0.4 is 10.6 Å². The Balaban J connectivity index is 0.000000187. The summed E-state index contributed by atoms with van der Waals surface area (Å²) in [5.41, 5.74) is 8.18. The lowest BCUT2D eigenvalue weighted by Gasteiger charge is -2.31. The molecule has 322 valence electrons. The van der Waals surface area contributed by atoms with Crippen molar-refractivity contribution >= 4 is 5.97 Å². The Morgan fingerprint density at radius 3 is 1.76 bits per heavy atom. The number of carbonyl (C=O) groups is 1. The third-order valence-corrected chi connectivity index (χ3v) is 11.0. The van der Waals surface area contributed by atoms with Crippen LogP contribution >= 0.6 is 0 Å². The standard InChI is InChI=1S/C25H28N4O3.C24H26F2N4/c30-21-9-7-18(8-10-21)3-2-6-24-27-12-11-22(28-24)20-5-1-4-19(15-20)16-29-14-13-26-23(17-29)25(31)32;25-21-14-18(15-22(26)16-21)3-2-6-24-28-8-7-23(29-24)20-5-1-4-19(13-20)17-30-11-9-27-10-12-30/h1,4-5,7-12,15,23,26,30H,2-3,6,13-14,16-17H2,(H,31,32);1,4-5,7-8,13-16,27H,2-3,6,9-12,17H2. The molecular weight excluding hydrogens is 787 g/mol. The van der Waals surface area contributed by atoms with E-state index in [4.69, 9.17) is 9.97 Å². The summed E-state index contributed by atoms with van der Waals surface area (Å²) < 4.78 is 26.7. The average Bonchev–Trinajstić information content (AvgIpc) is 3.28. The second-order valence-corrected chi connectivity index (χ2v) is 15.9. The van der Waals surface area contributed by atoms with Crippen molar-refractivity contribution in [1.82, 2.24) is 40.4 Å². The average molecular weight is 841 g/mol. The van der Waals surface area contributed by atoms with Crippen LogP contribution in [0.2, 0.25) is 0 Å². The molecule has 0 bridgehead atoms. The van der Waals surface area contributed by atoms with E-state index in [9.17, 15) is 23.8 Å². The van der Waals surface area contributed by atoms with Gasteiger partial charge in [0.25, 0.3) is 0 Å². The van der Waals surface area contributed by atoms with Crippen molar-refractivity contribution < 1.29 is 23.8 Å². The second-order valence-electron chi connectivity index (χ2n) is 15.9. The molecule has 0 saturated carbocycles. The van der Waals surface area contributed by atoms with E-state index in [1.807, 2.05) is 36.4 Å². The van der Waals surface area contributed by atoms with Gasteiger partial charge in [-0.15, -0.1) is 0 Å². The summed E-state index contributed by atoms with van der Waals surface area (Å²) in [6.45, 7) is 7.87. The molecular formula is C49H54F2N8O3. The molecule has 1 atom stereocenters. The molecule has 2 saturated heterocycles. The van der Waals surface area contributed by atoms with E-state index < -0.39 is 23.6 Å². The van der Waals surface area contributed by atoms with E-state index in [0.29, 0.717) is 38.0 Å². The molecule has 4 N–H and O–H groups in total. The van der Waals surface area contributed by atoms with Crippen LogP contribution in [0.4, 0.5) is 8.78 Å². The largest absolute Gasteiger partial charge is 0.508 e. The highest BCUT2D eigenvalue weighted by atomic mass is 19.1. The number of carboxylic acid groups (broad SMARTS) is 1. The fourth-order valence-electron chi connectivity index (χ4n) is 7.84. The molecule has 8 rings (SSSR count). The van der Waals surface area contributed by atoms with E-state index >= 15 is 0 Å². The molecule has 4 aromatic carbocycles. The summed E-state index contributed by atoms with van der Waals surface area (Å²) in [5.74, 6) is -0.0316. The molecule has 62 heavy (non-hydrogen) atoms. The van der Waals surface area contributed by atoms with E-state index in [0.717, 1.165) is 111 Å². The highest BCUT2D eigenvalue weighted by Crippen LogP contribution is 2.22. The lowest BCUT2D eigenvalue weighted by atomic mass is 10.1. The normalized spacial score (nSPS) is 15.7. The summed E-state index contributed by atoms with van der Waals surface area (Å²) in [7, 11) is 0. The lowest BCUT2D eigenvalue weighted by Crippen LogP contribution is -2.53. The third kappa shape index (κ3) is 13.5. The van der Waals surface area contributed by atoms with Gasteiger partial charge in [0.15, 0.2) is 0 Å². The van der Waals surface area contributed by atoms with Gasteiger partial charge in [-0.3, -0.25) is 14.6 Å². The highest BCUT2D eigenvalue weighted by Gasteiger charge is 2.24. The van der Waals surface area contributed by atoms with Crippen molar-refractivity contribution in [3.63, 3.8) is 0 Å². The van der Waals surface area contributed by atoms with Crippen LogP contribution in [-0.2, 0) is 43.6 Å². The van der Waals surface area contributed by atoms with E-state index in [1.165, 1.54) is 23.3 Å². The summed E-state index contributed by atoms with van der Waals surface area (Å²) in [4.78, 5) is 34.2. The minimum Gasteiger partial charge on any atom is -0.508 e. The number of aromatic nitrogens is 4. The molecule has 2 aromatic heterocycles. The maximum Gasteiger partial charge on any atom is 0.322 e. The molecule has 13 heteroatoms. The number of aliphatic carboxylic acids is 1. The first-order chi connectivity index (χ1) is 30.2. The molecule has 2 aliphatic heterocycles. The monoisotopic (exact) mass is 840 g/mol. The molecule has 1 unspecified atom stereocenters. The number of aromatic hydroxyl groups is 1. The van der Waals surface area contributed by atoms with Gasteiger partial charge in [0, 0.05) is 101 Å². The van der Waals surface area contributed by atoms with Crippen molar-refractivity contribution in [2.24, 2.45) is 0 Å². The van der Waals surface area contributed by atoms with Crippen LogP contribution in [0.1, 0.15) is 46.7 Å². The Kier molecular flexibility index (Phi) is 15.8. The molecule has 0 aliphatic carbocycles. The van der Waals surface area contributed by atoms with Crippen LogP contribution in [0, 0.1) is 11.6 Å². The molecule has 6 aromatic rings. The van der Waals surface area contributed by atoms with Crippen molar-refractivity contribution in [1.29, 1.82) is 0 Å². The number of piperazine rings is 2. The van der Waals surface area contributed by atoms with E-state index in [-0.39, 0.29) is 5.75 Å². The number of phenols is 1. The zero-order chi connectivity index (χ0) is 43.1. The first kappa shape index (κ1) is 44.1. The first-order valence-electron chi connectivity index (χ1n) is 21.4. The van der Waals surface area contributed by atoms with Gasteiger partial charge in [0.2, 0.25) is 0 Å². The predicted molar refractivity (Wildman–Crippen MR) is 236 cm³/mol. The van der Waals surface area contributed by atoms with Gasteiger partial charge in [-0.2, -0.15) is 0 Å². The summed E-state index contributed by atoms with van der Waals surface area (Å²) in [6.07, 6.45) is 8.19. The Morgan fingerprint density at radius 2 is 1.18 bits per heavy atom. The number of halogens is 2. The molecule has 2 aliphatic rings. The van der Waals surface area contributed by atoms with Crippen molar-refractivity contribution in [3.05, 3.63) is 161 Å². The lowest BCUT2D eigenvalue weighted by molar-refractivity contribution is -0.140. The van der Waals surface area contributed by atoms with Gasteiger partial charge in [-0.05, 0) is 96.5 Å². The number of rotatable bonds is 15. The van der Waals surface area contributed by atoms with Gasteiger partial charge in [-0.1, -0.05) is 48.5 Å². The summed E-state index contributed by atoms with van der Waals surface area (Å²) in [6, 6.07) is 31.1. The van der Waals surface area contributed by atoms with Crippen LogP contribution in [0.5, 0.6) is 5.75 Å². The van der Waals surface area contributed by atoms with Gasteiger partial charge in [0.05, 0.1) is 11.4 Å². The predicted octanol–water partition coefficient (Wildman–Crippen LogP) is 6.89. The number of aryl methyl sites for hydroxylation is 4. The van der Waals surface area contributed by atoms with Crippen LogP contribution in [0.15, 0.2) is 116 Å². The Morgan fingerprint density at radius 1 is 0.629 bits per heavy atom. The van der Waals surface area contributed by atoms with Crippen LogP contribution in [-0.4, -0.2) is 97.8 Å². The number of hydrogen-bond acceptors (Lipinski definition) is 10. The molecule has 0 amide bonds. The first-order valence-corrected chi connectivity index (χ1v) is 21.4. The van der Waals surface area contributed by atoms with E-state index in [2.05, 4.69) is 66.8 Å². The minimum atomic E-state index is -0.803. The number of nitrogens with zero attached hydrogens (tertiary/aromatic N) is 6. The Hall–Kier alpha value is -5.99. The maximum atomic E-state index is 13.3. The van der Waals surface area contributed by atoms with Gasteiger partial charge in [-0.25, -0.2) is 28.7 Å². The fraction of sp³-hybridized carbons (Fsp3) is 0.327. The van der Waals surface area contributed by atoms with Crippen molar-refractivity contribution in [2.45, 2.75) is 57.7 Å². The zero-order valence-corrected chi connectivity index (χ0v) is 34.9. The van der Waals surface area contributed by atoms with Gasteiger partial charge < -0.3 is 20.8 Å². The fourth-order valence-corrected chi connectivity index (χ4v) is 7.84. The smallest absolute Gasteiger partial charge is 0.322 e. The number of nitrogens with one attached hydrogen (secondary N) is 2. The molecule has 2 fully saturated rings. The van der Waals surface area contributed by atoms with Crippen LogP contribution in [0.25, 0.3) is 22.5 Å². The molecule has 4 heterocycles. The SMILES string of the molecule is Fc1cc(F)cc(CCCc2nccc(-c3cccc(CN4CCNCC4)c3)n2)c1.O=C(O)C1CN(Cc2cccc(-c3ccnc(CCCc4ccc(O)cc4)n3)c2)CCN1. The van der Waals surface area contributed by atoms with Crippen molar-refractivity contribution in [2.75, 3.05) is 45.8 Å². The number of carboxylic acids is 1. The van der Waals surface area contributed by atoms with Gasteiger partial charge >= 0.3 is 5.97 Å². The molecule has 0 radical (unpaired) electrons. The summed E-state index contributed by atoms with van der Waals surface area (Å²) in [5, 5.41) is 25.1. The number of phenolic OH excluding ortho intramolecular Hbond substituents is 1. The highest BCUT2D eigenvalue weighted by molar-refractivity contribution is 5.74. The topological polar surface area (TPSA) is 140 Å². The van der Waals surface area contributed by atoms with Crippen molar-refractivity contribution in [3.8, 4) is 28.3 Å². The van der Waals surface area contributed by atoms with Crippen LogP contribution in [0.3, 0.4) is 0 Å². The zero-order valence-electron chi connectivity index (χ0n) is 34.9. The Bertz CT molecular complexity index is 2360. The quantitative estimate of drug-likeness (QED) is 0.0861. The number of hydrogen-bond donors (Lipinski definition) is 4. The molecule has 11 nitrogen and oxygen atoms in total. The maximum absolute atomic E-state index is 13.3. The second kappa shape index (κ2) is 22.2. The Labute approximate surface area is 361 Å². The minimum absolute atomic E-state index is 0.283. The van der Waals surface area contributed by atoms with E-state index in [1.54, 1.807) is 24.5 Å².